The van der Waals surface area contributed by atoms with Gasteiger partial charge in [0.2, 0.25) is 5.69 Å². The van der Waals surface area contributed by atoms with Crippen molar-refractivity contribution in [1.82, 2.24) is 4.98 Å². The highest BCUT2D eigenvalue weighted by atomic mass is 19.4. The highest BCUT2D eigenvalue weighted by molar-refractivity contribution is 5.92. The number of carboxylic acid groups (broad SMARTS) is 1. The molecular weight excluding hydrogens is 596 g/mol. The molecule has 3 rings (SSSR count). The number of alkyl halides is 6. The first-order chi connectivity index (χ1) is 20.1. The first-order valence-corrected chi connectivity index (χ1v) is 12.8. The number of carbonyl (C=O) groups is 2. The maximum absolute atomic E-state index is 13.9. The molecule has 236 valence electrons. The van der Waals surface area contributed by atoms with Crippen LogP contribution in [0.3, 0.4) is 0 Å². The molecule has 0 spiro atoms. The Morgan fingerprint density at radius 2 is 1.84 bits per heavy atom. The molecule has 1 fully saturated rings. The lowest BCUT2D eigenvalue weighted by atomic mass is 9.96. The number of aliphatic carboxylic acids is 1. The molecule has 0 amide bonds. The van der Waals surface area contributed by atoms with Crippen LogP contribution in [-0.4, -0.2) is 71.6 Å². The van der Waals surface area contributed by atoms with E-state index in [0.29, 0.717) is 12.0 Å². The SMILES string of the molecule is COC(=O)c1nc(N2CCC[C@H]2COCCCC(OCc2ccccc2)(C(=O)O)C(F)(F)F)c(C(F)(F)F)cc1[N+](=O)[O-]. The van der Waals surface area contributed by atoms with Crippen molar-refractivity contribution in [3.05, 3.63) is 63.3 Å². The number of aromatic nitrogens is 1. The molecule has 1 aromatic carbocycles. The number of ether oxygens (including phenoxy) is 3. The van der Waals surface area contributed by atoms with Gasteiger partial charge >= 0.3 is 30.0 Å². The van der Waals surface area contributed by atoms with E-state index in [1.165, 1.54) is 12.1 Å². The van der Waals surface area contributed by atoms with Crippen molar-refractivity contribution in [2.24, 2.45) is 0 Å². The molecule has 0 aliphatic carbocycles. The van der Waals surface area contributed by atoms with E-state index in [9.17, 15) is 51.2 Å². The molecule has 1 aliphatic heterocycles. The Morgan fingerprint density at radius 1 is 1.16 bits per heavy atom. The molecule has 0 radical (unpaired) electrons. The number of halogens is 6. The van der Waals surface area contributed by atoms with Gasteiger partial charge in [-0.15, -0.1) is 0 Å². The van der Waals surface area contributed by atoms with E-state index in [2.05, 4.69) is 9.72 Å². The average Bonchev–Trinajstić information content (AvgIpc) is 3.40. The largest absolute Gasteiger partial charge is 0.479 e. The van der Waals surface area contributed by atoms with Gasteiger partial charge in [0.1, 0.15) is 11.4 Å². The summed E-state index contributed by atoms with van der Waals surface area (Å²) in [6, 6.07) is 7.07. The Balaban J connectivity index is 1.74. The van der Waals surface area contributed by atoms with Crippen LogP contribution in [0.2, 0.25) is 0 Å². The quantitative estimate of drug-likeness (QED) is 0.105. The summed E-state index contributed by atoms with van der Waals surface area (Å²) in [7, 11) is 0.877. The second-order valence-corrected chi connectivity index (χ2v) is 9.55. The fraction of sp³-hybridized carbons (Fsp3) is 0.500. The van der Waals surface area contributed by atoms with Crippen molar-refractivity contribution in [3.63, 3.8) is 0 Å². The number of anilines is 1. The predicted molar refractivity (Wildman–Crippen MR) is 135 cm³/mol. The first kappa shape index (κ1) is 33.5. The molecule has 2 aromatic rings. The van der Waals surface area contributed by atoms with Gasteiger partial charge < -0.3 is 24.2 Å². The van der Waals surface area contributed by atoms with Crippen LogP contribution >= 0.6 is 0 Å². The standard InChI is InChI=1S/C26H27F6N3O8/c1-41-22(36)20-19(35(39)40)13-18(25(27,28)29)21(33-20)34-11-5-9-17(34)15-42-12-6-10-24(23(37)38,26(30,31)32)43-14-16-7-3-2-4-8-16/h2-4,7-8,13,17H,5-6,9-12,14-15H2,1H3,(H,37,38)/t17-,24?/m0/s1. The topological polar surface area (TPSA) is 141 Å². The van der Waals surface area contributed by atoms with Gasteiger partial charge in [-0.3, -0.25) is 10.1 Å². The van der Waals surface area contributed by atoms with Gasteiger partial charge in [-0.25, -0.2) is 14.6 Å². The fourth-order valence-electron chi connectivity index (χ4n) is 4.60. The van der Waals surface area contributed by atoms with Crippen molar-refractivity contribution in [3.8, 4) is 0 Å². The summed E-state index contributed by atoms with van der Waals surface area (Å²) < 4.78 is 98.3. The molecule has 2 heterocycles. The minimum Gasteiger partial charge on any atom is -0.479 e. The zero-order valence-electron chi connectivity index (χ0n) is 22.6. The lowest BCUT2D eigenvalue weighted by Crippen LogP contribution is -2.54. The van der Waals surface area contributed by atoms with E-state index in [4.69, 9.17) is 9.47 Å². The van der Waals surface area contributed by atoms with Crippen molar-refractivity contribution in [1.29, 1.82) is 0 Å². The Kier molecular flexibility index (Phi) is 10.6. The molecule has 1 N–H and O–H groups in total. The number of benzene rings is 1. The minimum absolute atomic E-state index is 0.00601. The summed E-state index contributed by atoms with van der Waals surface area (Å²) in [5.74, 6) is -4.32. The smallest absolute Gasteiger partial charge is 0.428 e. The van der Waals surface area contributed by atoms with Crippen LogP contribution in [0.1, 0.15) is 47.3 Å². The molecule has 17 heteroatoms. The molecule has 0 saturated carbocycles. The molecule has 1 aliphatic rings. The van der Waals surface area contributed by atoms with Crippen molar-refractivity contribution >= 4 is 23.4 Å². The Bertz CT molecular complexity index is 1310. The van der Waals surface area contributed by atoms with Crippen LogP contribution in [0.15, 0.2) is 36.4 Å². The van der Waals surface area contributed by atoms with E-state index in [1.54, 1.807) is 18.2 Å². The van der Waals surface area contributed by atoms with Crippen LogP contribution < -0.4 is 4.90 Å². The second-order valence-electron chi connectivity index (χ2n) is 9.55. The third-order valence-electron chi connectivity index (χ3n) is 6.77. The molecule has 1 aromatic heterocycles. The number of nitrogens with zero attached hydrogens (tertiary/aromatic N) is 3. The third kappa shape index (κ3) is 7.70. The van der Waals surface area contributed by atoms with E-state index in [0.717, 1.165) is 12.0 Å². The van der Waals surface area contributed by atoms with Crippen LogP contribution in [0.25, 0.3) is 0 Å². The normalized spacial score (nSPS) is 17.0. The summed E-state index contributed by atoms with van der Waals surface area (Å²) in [6.45, 7) is -1.30. The van der Waals surface area contributed by atoms with Crippen LogP contribution in [-0.2, 0) is 31.8 Å². The summed E-state index contributed by atoms with van der Waals surface area (Å²) in [6.07, 6.45) is -11.2. The van der Waals surface area contributed by atoms with E-state index in [-0.39, 0.29) is 25.6 Å². The average molecular weight is 624 g/mol. The number of esters is 1. The summed E-state index contributed by atoms with van der Waals surface area (Å²) in [5, 5.41) is 20.8. The molecule has 0 bridgehead atoms. The van der Waals surface area contributed by atoms with Gasteiger partial charge in [0.15, 0.2) is 0 Å². The molecule has 1 saturated heterocycles. The Hall–Kier alpha value is -3.99. The number of pyridine rings is 1. The van der Waals surface area contributed by atoms with Gasteiger partial charge in [-0.2, -0.15) is 26.3 Å². The number of hydrogen-bond donors (Lipinski definition) is 1. The van der Waals surface area contributed by atoms with E-state index >= 15 is 0 Å². The number of nitro groups is 1. The zero-order chi connectivity index (χ0) is 32.0. The van der Waals surface area contributed by atoms with Crippen LogP contribution in [0.5, 0.6) is 0 Å². The van der Waals surface area contributed by atoms with Gasteiger partial charge in [0.25, 0.3) is 5.60 Å². The summed E-state index contributed by atoms with van der Waals surface area (Å²) in [5.41, 5.74) is -6.81. The fourth-order valence-corrected chi connectivity index (χ4v) is 4.60. The number of carbonyl (C=O) groups excluding carboxylic acids is 1. The molecule has 43 heavy (non-hydrogen) atoms. The highest BCUT2D eigenvalue weighted by Crippen LogP contribution is 2.41. The van der Waals surface area contributed by atoms with E-state index < -0.39 is 89.7 Å². The van der Waals surface area contributed by atoms with Crippen molar-refractivity contribution in [2.75, 3.05) is 31.8 Å². The number of carboxylic acids is 1. The first-order valence-electron chi connectivity index (χ1n) is 12.8. The molecular formula is C26H27F6N3O8. The monoisotopic (exact) mass is 623 g/mol. The lowest BCUT2D eigenvalue weighted by Gasteiger charge is -2.32. The van der Waals surface area contributed by atoms with Gasteiger partial charge in [-0.05, 0) is 31.2 Å². The van der Waals surface area contributed by atoms with Gasteiger partial charge in [0, 0.05) is 19.2 Å². The molecule has 11 nitrogen and oxygen atoms in total. The predicted octanol–water partition coefficient (Wildman–Crippen LogP) is 5.16. The Morgan fingerprint density at radius 3 is 2.40 bits per heavy atom. The zero-order valence-corrected chi connectivity index (χ0v) is 22.6. The molecule has 1 unspecified atom stereocenters. The van der Waals surface area contributed by atoms with Gasteiger partial charge in [-0.1, -0.05) is 30.3 Å². The third-order valence-corrected chi connectivity index (χ3v) is 6.77. The highest BCUT2D eigenvalue weighted by Gasteiger charge is 2.62. The van der Waals surface area contributed by atoms with E-state index in [1.807, 2.05) is 0 Å². The maximum atomic E-state index is 13.9. The summed E-state index contributed by atoms with van der Waals surface area (Å²) >= 11 is 0. The van der Waals surface area contributed by atoms with Crippen LogP contribution in [0, 0.1) is 10.1 Å². The second kappa shape index (κ2) is 13.5. The lowest BCUT2D eigenvalue weighted by molar-refractivity contribution is -0.385. The van der Waals surface area contributed by atoms with Crippen molar-refractivity contribution < 1.29 is 60.2 Å². The minimum atomic E-state index is -5.28. The maximum Gasteiger partial charge on any atom is 0.428 e. The Labute approximate surface area is 240 Å². The number of rotatable bonds is 13. The number of methoxy groups -OCH3 is 1. The van der Waals surface area contributed by atoms with Gasteiger partial charge in [0.05, 0.1) is 31.3 Å². The van der Waals surface area contributed by atoms with Crippen molar-refractivity contribution in [2.45, 2.75) is 56.3 Å². The molecule has 2 atom stereocenters. The number of hydrogen-bond acceptors (Lipinski definition) is 9. The van der Waals surface area contributed by atoms with Crippen LogP contribution in [0.4, 0.5) is 37.8 Å². The summed E-state index contributed by atoms with van der Waals surface area (Å²) in [4.78, 5) is 38.8.